The number of carbonyl (C=O) groups is 1. The summed E-state index contributed by atoms with van der Waals surface area (Å²) in [6.07, 6.45) is 0. The number of carbonyl (C=O) groups excluding carboxylic acids is 1. The molecule has 0 heterocycles. The average molecular weight is 364 g/mol. The minimum atomic E-state index is 0.0919. The zero-order valence-electron chi connectivity index (χ0n) is 16.8. The molecule has 0 atom stereocenters. The van der Waals surface area contributed by atoms with E-state index >= 15 is 0 Å². The van der Waals surface area contributed by atoms with Crippen molar-refractivity contribution in [2.24, 2.45) is 4.99 Å². The van der Waals surface area contributed by atoms with Crippen molar-refractivity contribution in [2.75, 3.05) is 47.4 Å². The van der Waals surface area contributed by atoms with Crippen LogP contribution in [0, 0.1) is 0 Å². The number of nitrogens with one attached hydrogen (secondary N) is 1. The molecule has 1 N–H and O–H groups in total. The molecule has 1 aromatic rings. The number of rotatable bonds is 9. The fraction of sp³-hybridized carbons (Fsp3) is 0.579. The lowest BCUT2D eigenvalue weighted by Gasteiger charge is -2.25. The van der Waals surface area contributed by atoms with Crippen molar-refractivity contribution in [2.45, 2.75) is 27.3 Å². The van der Waals surface area contributed by atoms with Crippen molar-refractivity contribution in [3.05, 3.63) is 23.8 Å². The Bertz CT molecular complexity index is 600. The zero-order valence-corrected chi connectivity index (χ0v) is 16.8. The topological polar surface area (TPSA) is 66.4 Å². The van der Waals surface area contributed by atoms with E-state index in [4.69, 9.17) is 9.47 Å². The van der Waals surface area contributed by atoms with Crippen LogP contribution in [0.25, 0.3) is 0 Å². The molecule has 1 amide bonds. The summed E-state index contributed by atoms with van der Waals surface area (Å²) in [5.74, 6) is 2.15. The fourth-order valence-electron chi connectivity index (χ4n) is 2.57. The lowest BCUT2D eigenvalue weighted by Crippen LogP contribution is -2.45. The Morgan fingerprint density at radius 1 is 1.12 bits per heavy atom. The van der Waals surface area contributed by atoms with Crippen LogP contribution in [0.15, 0.2) is 23.2 Å². The van der Waals surface area contributed by atoms with Gasteiger partial charge in [-0.15, -0.1) is 0 Å². The van der Waals surface area contributed by atoms with Crippen LogP contribution in [0.2, 0.25) is 0 Å². The number of guanidine groups is 1. The zero-order chi connectivity index (χ0) is 19.5. The second-order valence-electron chi connectivity index (χ2n) is 5.78. The molecule has 0 unspecified atom stereocenters. The van der Waals surface area contributed by atoms with Crippen LogP contribution in [0.1, 0.15) is 26.3 Å². The van der Waals surface area contributed by atoms with Gasteiger partial charge in [0.25, 0.3) is 0 Å². The van der Waals surface area contributed by atoms with E-state index in [0.29, 0.717) is 43.6 Å². The molecule has 0 saturated heterocycles. The van der Waals surface area contributed by atoms with Gasteiger partial charge in [-0.05, 0) is 38.5 Å². The van der Waals surface area contributed by atoms with Gasteiger partial charge in [0.1, 0.15) is 0 Å². The summed E-state index contributed by atoms with van der Waals surface area (Å²) in [6, 6.07) is 5.73. The number of hydrogen-bond acceptors (Lipinski definition) is 4. The molecule has 7 nitrogen and oxygen atoms in total. The van der Waals surface area contributed by atoms with Gasteiger partial charge in [0.2, 0.25) is 5.91 Å². The number of hydrogen-bond donors (Lipinski definition) is 1. The molecule has 0 radical (unpaired) electrons. The van der Waals surface area contributed by atoms with E-state index in [1.807, 2.05) is 55.8 Å². The predicted molar refractivity (Wildman–Crippen MR) is 105 cm³/mol. The lowest BCUT2D eigenvalue weighted by molar-refractivity contribution is -0.131. The van der Waals surface area contributed by atoms with Crippen molar-refractivity contribution < 1.29 is 14.3 Å². The number of amides is 1. The van der Waals surface area contributed by atoms with Crippen LogP contribution < -0.4 is 14.8 Å². The van der Waals surface area contributed by atoms with Crippen molar-refractivity contribution in [1.29, 1.82) is 0 Å². The SMILES string of the molecule is CCNC(=NCc1ccc(OC)c(OC)c1)N(C)CC(=O)N(CC)CC. The summed E-state index contributed by atoms with van der Waals surface area (Å²) in [5.41, 5.74) is 1.00. The second-order valence-corrected chi connectivity index (χ2v) is 5.78. The highest BCUT2D eigenvalue weighted by Crippen LogP contribution is 2.27. The molecular weight excluding hydrogens is 332 g/mol. The van der Waals surface area contributed by atoms with Crippen LogP contribution in [0.4, 0.5) is 0 Å². The van der Waals surface area contributed by atoms with Gasteiger partial charge in [0, 0.05) is 26.7 Å². The third-order valence-corrected chi connectivity index (χ3v) is 4.04. The Hall–Kier alpha value is -2.44. The molecule has 146 valence electrons. The Balaban J connectivity index is 2.86. The molecule has 0 saturated carbocycles. The lowest BCUT2D eigenvalue weighted by atomic mass is 10.2. The molecule has 0 fully saturated rings. The van der Waals surface area contributed by atoms with Crippen molar-refractivity contribution in [1.82, 2.24) is 15.1 Å². The minimum Gasteiger partial charge on any atom is -0.493 e. The molecule has 26 heavy (non-hydrogen) atoms. The number of ether oxygens (including phenoxy) is 2. The fourth-order valence-corrected chi connectivity index (χ4v) is 2.57. The molecule has 0 spiro atoms. The van der Waals surface area contributed by atoms with Crippen molar-refractivity contribution in [3.63, 3.8) is 0 Å². The van der Waals surface area contributed by atoms with Gasteiger partial charge >= 0.3 is 0 Å². The summed E-state index contributed by atoms with van der Waals surface area (Å²) in [6.45, 7) is 8.90. The van der Waals surface area contributed by atoms with Gasteiger partial charge in [-0.25, -0.2) is 4.99 Å². The van der Waals surface area contributed by atoms with Gasteiger partial charge < -0.3 is 24.6 Å². The van der Waals surface area contributed by atoms with Crippen LogP contribution >= 0.6 is 0 Å². The van der Waals surface area contributed by atoms with Crippen LogP contribution in [0.3, 0.4) is 0 Å². The van der Waals surface area contributed by atoms with E-state index in [2.05, 4.69) is 10.3 Å². The van der Waals surface area contributed by atoms with E-state index in [-0.39, 0.29) is 5.91 Å². The smallest absolute Gasteiger partial charge is 0.242 e. The Morgan fingerprint density at radius 2 is 1.77 bits per heavy atom. The number of benzene rings is 1. The molecule has 0 bridgehead atoms. The van der Waals surface area contributed by atoms with Gasteiger partial charge in [-0.1, -0.05) is 6.07 Å². The van der Waals surface area contributed by atoms with E-state index in [0.717, 1.165) is 12.1 Å². The quantitative estimate of drug-likeness (QED) is 0.536. The minimum absolute atomic E-state index is 0.0919. The van der Waals surface area contributed by atoms with E-state index in [1.165, 1.54) is 0 Å². The molecule has 0 aliphatic carbocycles. The summed E-state index contributed by atoms with van der Waals surface area (Å²) >= 11 is 0. The maximum atomic E-state index is 12.3. The molecule has 7 heteroatoms. The maximum absolute atomic E-state index is 12.3. The maximum Gasteiger partial charge on any atom is 0.242 e. The highest BCUT2D eigenvalue weighted by molar-refractivity contribution is 5.86. The summed E-state index contributed by atoms with van der Waals surface area (Å²) < 4.78 is 10.6. The molecule has 0 aliphatic heterocycles. The van der Waals surface area contributed by atoms with Gasteiger partial charge in [0.05, 0.1) is 27.3 Å². The number of methoxy groups -OCH3 is 2. The summed E-state index contributed by atoms with van der Waals surface area (Å²) in [5, 5.41) is 3.23. The number of likely N-dealkylation sites (N-methyl/N-ethyl adjacent to an activating group) is 2. The van der Waals surface area contributed by atoms with Crippen molar-refractivity contribution in [3.8, 4) is 11.5 Å². The third kappa shape index (κ3) is 6.13. The largest absolute Gasteiger partial charge is 0.493 e. The highest BCUT2D eigenvalue weighted by Gasteiger charge is 2.15. The predicted octanol–water partition coefficient (Wildman–Crippen LogP) is 1.97. The van der Waals surface area contributed by atoms with Crippen molar-refractivity contribution >= 4 is 11.9 Å². The van der Waals surface area contributed by atoms with E-state index in [9.17, 15) is 4.79 Å². The number of aliphatic imine (C=N–C) groups is 1. The van der Waals surface area contributed by atoms with E-state index in [1.54, 1.807) is 14.2 Å². The molecule has 0 aromatic heterocycles. The third-order valence-electron chi connectivity index (χ3n) is 4.04. The molecule has 1 rings (SSSR count). The van der Waals surface area contributed by atoms with Crippen LogP contribution in [-0.2, 0) is 11.3 Å². The average Bonchev–Trinajstić information content (AvgIpc) is 2.65. The molecule has 0 aliphatic rings. The van der Waals surface area contributed by atoms with E-state index < -0.39 is 0 Å². The van der Waals surface area contributed by atoms with Gasteiger partial charge in [-0.2, -0.15) is 0 Å². The monoisotopic (exact) mass is 364 g/mol. The van der Waals surface area contributed by atoms with Gasteiger partial charge in [-0.3, -0.25) is 4.79 Å². The summed E-state index contributed by atoms with van der Waals surface area (Å²) in [7, 11) is 5.10. The first kappa shape index (κ1) is 21.6. The van der Waals surface area contributed by atoms with Crippen LogP contribution in [-0.4, -0.2) is 69.1 Å². The second kappa shape index (κ2) is 11.2. The highest BCUT2D eigenvalue weighted by atomic mass is 16.5. The standard InChI is InChI=1S/C19H32N4O3/c1-7-20-19(22(4)14-18(24)23(8-2)9-3)21-13-15-10-11-16(25-5)17(12-15)26-6/h10-12H,7-9,13-14H2,1-6H3,(H,20,21). The Morgan fingerprint density at radius 3 is 2.31 bits per heavy atom. The first-order chi connectivity index (χ1) is 12.5. The Labute approximate surface area is 157 Å². The van der Waals surface area contributed by atoms with Crippen LogP contribution in [0.5, 0.6) is 11.5 Å². The normalized spacial score (nSPS) is 11.1. The first-order valence-corrected chi connectivity index (χ1v) is 8.98. The molecular formula is C19H32N4O3. The number of nitrogens with zero attached hydrogens (tertiary/aromatic N) is 3. The summed E-state index contributed by atoms with van der Waals surface area (Å²) in [4.78, 5) is 20.6. The molecule has 1 aromatic carbocycles. The first-order valence-electron chi connectivity index (χ1n) is 8.98. The Kier molecular flexibility index (Phi) is 9.33. The van der Waals surface area contributed by atoms with Gasteiger partial charge in [0.15, 0.2) is 17.5 Å².